The molecule has 1 fully saturated rings. The number of nitrogens with two attached hydrogens (primary N) is 1. The Morgan fingerprint density at radius 3 is 2.67 bits per heavy atom. The molecule has 0 aromatic rings. The summed E-state index contributed by atoms with van der Waals surface area (Å²) in [6.07, 6.45) is 0. The minimum absolute atomic E-state index is 0. The van der Waals surface area contributed by atoms with Crippen molar-refractivity contribution in [2.45, 2.75) is 18.3 Å². The number of thioether (sulfide) groups is 2. The lowest BCUT2D eigenvalue weighted by molar-refractivity contribution is -0.147. The first-order valence-electron chi connectivity index (χ1n) is 4.78. The van der Waals surface area contributed by atoms with Crippen LogP contribution in [0.1, 0.15) is 6.92 Å². The van der Waals surface area contributed by atoms with Crippen LogP contribution in [-0.2, 0) is 14.4 Å². The van der Waals surface area contributed by atoms with Crippen LogP contribution in [-0.4, -0.2) is 44.2 Å². The topological polar surface area (TPSA) is 101 Å². The van der Waals surface area contributed by atoms with E-state index in [0.29, 0.717) is 10.7 Å². The van der Waals surface area contributed by atoms with Gasteiger partial charge in [-0.3, -0.25) is 14.5 Å². The molecule has 2 aliphatic rings. The quantitative estimate of drug-likeness (QED) is 0.704. The van der Waals surface area contributed by atoms with Crippen LogP contribution < -0.4 is 5.73 Å². The number of hydrogen-bond donors (Lipinski definition) is 2. The van der Waals surface area contributed by atoms with E-state index in [0.717, 1.165) is 11.8 Å². The number of aliphatic carboxylic acids is 1. The summed E-state index contributed by atoms with van der Waals surface area (Å²) in [5.74, 6) is -1.20. The molecule has 2 rings (SSSR count). The fourth-order valence-corrected chi connectivity index (χ4v) is 3.95. The van der Waals surface area contributed by atoms with Crippen LogP contribution in [0.5, 0.6) is 0 Å². The van der Waals surface area contributed by atoms with Gasteiger partial charge in [0.15, 0.2) is 5.12 Å². The largest absolute Gasteiger partial charge is 0.477 e. The van der Waals surface area contributed by atoms with E-state index >= 15 is 0 Å². The molecule has 0 aliphatic carbocycles. The Hall–Kier alpha value is -0.700. The minimum Gasteiger partial charge on any atom is -0.477 e. The predicted octanol–water partition coefficient (Wildman–Crippen LogP) is 0.227. The number of carboxylic acid groups (broad SMARTS) is 1. The molecule has 0 spiro atoms. The molecular weight excluding hydrogens is 300 g/mol. The average molecular weight is 311 g/mol. The third kappa shape index (κ3) is 2.37. The number of nitrogens with zero attached hydrogens (tertiary/aromatic N) is 1. The Bertz CT molecular complexity index is 454. The number of amides is 1. The number of carbonyl (C=O) groups is 3. The van der Waals surface area contributed by atoms with Gasteiger partial charge < -0.3 is 10.8 Å². The molecule has 0 aromatic heterocycles. The zero-order valence-corrected chi connectivity index (χ0v) is 11.7. The van der Waals surface area contributed by atoms with Crippen molar-refractivity contribution < 1.29 is 19.5 Å². The zero-order valence-electron chi connectivity index (χ0n) is 9.28. The number of carbonyl (C=O) groups excluding carboxylic acids is 2. The lowest BCUT2D eigenvalue weighted by Gasteiger charge is -2.47. The molecular formula is C9H11ClN2O4S2. The van der Waals surface area contributed by atoms with Crippen LogP contribution >= 0.6 is 35.9 Å². The molecule has 3 N–H and O–H groups in total. The molecule has 0 aromatic carbocycles. The van der Waals surface area contributed by atoms with Gasteiger partial charge in [-0.1, -0.05) is 11.8 Å². The second kappa shape index (κ2) is 5.52. The first-order valence-corrected chi connectivity index (χ1v) is 6.65. The van der Waals surface area contributed by atoms with E-state index in [4.69, 9.17) is 10.8 Å². The Morgan fingerprint density at radius 1 is 1.56 bits per heavy atom. The number of hydrogen-bond acceptors (Lipinski definition) is 6. The van der Waals surface area contributed by atoms with Crippen LogP contribution in [0, 0.1) is 0 Å². The van der Waals surface area contributed by atoms with E-state index in [2.05, 4.69) is 0 Å². The number of rotatable bonds is 2. The van der Waals surface area contributed by atoms with E-state index in [-0.39, 0.29) is 28.6 Å². The molecule has 18 heavy (non-hydrogen) atoms. The van der Waals surface area contributed by atoms with Gasteiger partial charge in [0, 0.05) is 17.6 Å². The highest BCUT2D eigenvalue weighted by atomic mass is 35.5. The Morgan fingerprint density at radius 2 is 2.17 bits per heavy atom. The Labute approximate surface area is 118 Å². The summed E-state index contributed by atoms with van der Waals surface area (Å²) < 4.78 is 0. The first kappa shape index (κ1) is 15.4. The summed E-state index contributed by atoms with van der Waals surface area (Å²) in [6.45, 7) is 1.36. The molecule has 9 heteroatoms. The number of β-lactam (4-membered cyclic amide) rings is 1. The van der Waals surface area contributed by atoms with Crippen LogP contribution in [0.15, 0.2) is 10.6 Å². The SMILES string of the molecule is CC(=O)SC1=C(C(=O)O)N2C(=O)[C@@H](N)[C@H]2SC1.Cl. The van der Waals surface area contributed by atoms with Crippen LogP contribution in [0.2, 0.25) is 0 Å². The molecule has 1 amide bonds. The minimum atomic E-state index is -1.20. The van der Waals surface area contributed by atoms with Crippen molar-refractivity contribution in [3.63, 3.8) is 0 Å². The molecule has 2 atom stereocenters. The number of halogens is 1. The highest BCUT2D eigenvalue weighted by molar-refractivity contribution is 8.17. The van der Waals surface area contributed by atoms with E-state index < -0.39 is 17.9 Å². The van der Waals surface area contributed by atoms with Gasteiger partial charge in [0.2, 0.25) is 5.91 Å². The lowest BCUT2D eigenvalue weighted by Crippen LogP contribution is -2.68. The highest BCUT2D eigenvalue weighted by Gasteiger charge is 2.51. The van der Waals surface area contributed by atoms with Gasteiger partial charge in [-0.05, 0) is 0 Å². The molecule has 2 heterocycles. The van der Waals surface area contributed by atoms with Gasteiger partial charge >= 0.3 is 5.97 Å². The maximum absolute atomic E-state index is 11.5. The second-order valence-electron chi connectivity index (χ2n) is 3.61. The normalized spacial score (nSPS) is 26.1. The van der Waals surface area contributed by atoms with E-state index in [1.807, 2.05) is 0 Å². The average Bonchev–Trinajstić information content (AvgIpc) is 2.26. The monoisotopic (exact) mass is 310 g/mol. The molecule has 6 nitrogen and oxygen atoms in total. The maximum Gasteiger partial charge on any atom is 0.353 e. The number of carboxylic acids is 1. The van der Waals surface area contributed by atoms with Gasteiger partial charge in [-0.2, -0.15) is 0 Å². The van der Waals surface area contributed by atoms with Crippen LogP contribution in [0.25, 0.3) is 0 Å². The standard InChI is InChI=1S/C9H10N2O4S2.ClH/c1-3(12)17-4-2-16-8-5(10)7(13)11(8)6(4)9(14)15;/h5,8H,2,10H2,1H3,(H,14,15);1H/t5-,8-;/m1./s1. The fourth-order valence-electron chi connectivity index (χ4n) is 1.74. The van der Waals surface area contributed by atoms with Crippen LogP contribution in [0.4, 0.5) is 0 Å². The zero-order chi connectivity index (χ0) is 12.7. The van der Waals surface area contributed by atoms with Gasteiger partial charge in [-0.15, -0.1) is 24.2 Å². The summed E-state index contributed by atoms with van der Waals surface area (Å²) in [5, 5.41) is 8.61. The van der Waals surface area contributed by atoms with Gasteiger partial charge in [-0.25, -0.2) is 4.79 Å². The van der Waals surface area contributed by atoms with Crippen LogP contribution in [0.3, 0.4) is 0 Å². The van der Waals surface area contributed by atoms with Crippen molar-refractivity contribution >= 4 is 52.9 Å². The Balaban J connectivity index is 0.00000162. The number of fused-ring (bicyclic) bond motifs is 1. The molecule has 2 aliphatic heterocycles. The molecule has 0 radical (unpaired) electrons. The molecule has 0 bridgehead atoms. The van der Waals surface area contributed by atoms with Gasteiger partial charge in [0.1, 0.15) is 17.1 Å². The van der Waals surface area contributed by atoms with Crippen molar-refractivity contribution in [3.8, 4) is 0 Å². The van der Waals surface area contributed by atoms with Crippen molar-refractivity contribution in [2.75, 3.05) is 5.75 Å². The van der Waals surface area contributed by atoms with Crippen molar-refractivity contribution in [1.29, 1.82) is 0 Å². The smallest absolute Gasteiger partial charge is 0.353 e. The fraction of sp³-hybridized carbons (Fsp3) is 0.444. The molecule has 100 valence electrons. The third-order valence-electron chi connectivity index (χ3n) is 2.44. The summed E-state index contributed by atoms with van der Waals surface area (Å²) >= 11 is 2.24. The van der Waals surface area contributed by atoms with E-state index in [9.17, 15) is 14.4 Å². The summed E-state index contributed by atoms with van der Waals surface area (Å²) in [7, 11) is 0. The van der Waals surface area contributed by atoms with Gasteiger partial charge in [0.05, 0.1) is 0 Å². The molecule has 0 unspecified atom stereocenters. The van der Waals surface area contributed by atoms with Crippen molar-refractivity contribution in [2.24, 2.45) is 5.73 Å². The molecule has 0 saturated carbocycles. The highest BCUT2D eigenvalue weighted by Crippen LogP contribution is 2.42. The maximum atomic E-state index is 11.5. The third-order valence-corrected chi connectivity index (χ3v) is 4.80. The predicted molar refractivity (Wildman–Crippen MR) is 71.2 cm³/mol. The summed E-state index contributed by atoms with van der Waals surface area (Å²) in [5.41, 5.74) is 5.49. The van der Waals surface area contributed by atoms with E-state index in [1.165, 1.54) is 23.6 Å². The second-order valence-corrected chi connectivity index (χ2v) is 5.98. The molecule has 1 saturated heterocycles. The Kier molecular flexibility index (Phi) is 4.71. The lowest BCUT2D eigenvalue weighted by atomic mass is 10.1. The van der Waals surface area contributed by atoms with Crippen molar-refractivity contribution in [1.82, 2.24) is 4.90 Å². The first-order chi connectivity index (χ1) is 7.93. The summed E-state index contributed by atoms with van der Waals surface area (Å²) in [6, 6.07) is -0.641. The van der Waals surface area contributed by atoms with Gasteiger partial charge in [0.25, 0.3) is 0 Å². The van der Waals surface area contributed by atoms with Crippen molar-refractivity contribution in [3.05, 3.63) is 10.6 Å². The van der Waals surface area contributed by atoms with E-state index in [1.54, 1.807) is 0 Å². The summed E-state index contributed by atoms with van der Waals surface area (Å²) in [4.78, 5) is 35.3.